The highest BCUT2D eigenvalue weighted by Crippen LogP contribution is 2.26. The van der Waals surface area contributed by atoms with Crippen molar-refractivity contribution in [3.63, 3.8) is 0 Å². The summed E-state index contributed by atoms with van der Waals surface area (Å²) in [5, 5.41) is 17.1. The lowest BCUT2D eigenvalue weighted by Gasteiger charge is -2.04. The number of benzene rings is 1. The van der Waals surface area contributed by atoms with Crippen LogP contribution in [0.15, 0.2) is 62.0 Å². The zero-order valence-electron chi connectivity index (χ0n) is 16.1. The molecule has 4 rings (SSSR count). The zero-order chi connectivity index (χ0) is 22.5. The minimum absolute atomic E-state index is 0.0579. The molecule has 0 aliphatic rings. The lowest BCUT2D eigenvalue weighted by atomic mass is 10.2. The number of anilines is 2. The molecule has 0 aliphatic heterocycles. The van der Waals surface area contributed by atoms with Crippen LogP contribution in [0.3, 0.4) is 0 Å². The van der Waals surface area contributed by atoms with Crippen molar-refractivity contribution in [2.45, 2.75) is 4.34 Å². The number of amides is 3. The monoisotopic (exact) mass is 470 g/mol. The van der Waals surface area contributed by atoms with Gasteiger partial charge in [0.25, 0.3) is 5.91 Å². The lowest BCUT2D eigenvalue weighted by molar-refractivity contribution is -0.113. The van der Waals surface area contributed by atoms with Crippen LogP contribution in [-0.2, 0) is 4.79 Å². The van der Waals surface area contributed by atoms with E-state index in [0.717, 1.165) is 23.1 Å². The number of nitrogens with two attached hydrogens (primary N) is 1. The normalized spacial score (nSPS) is 10.6. The summed E-state index contributed by atoms with van der Waals surface area (Å²) in [5.74, 6) is -0.473. The summed E-state index contributed by atoms with van der Waals surface area (Å²) in [4.78, 5) is 35.5. The highest BCUT2D eigenvalue weighted by molar-refractivity contribution is 8.01. The molecule has 0 saturated carbocycles. The number of primary amides is 1. The van der Waals surface area contributed by atoms with Gasteiger partial charge < -0.3 is 20.0 Å². The summed E-state index contributed by atoms with van der Waals surface area (Å²) >= 11 is 2.28. The molecule has 0 fully saturated rings. The molecule has 32 heavy (non-hydrogen) atoms. The number of rotatable bonds is 8. The van der Waals surface area contributed by atoms with Crippen molar-refractivity contribution in [3.8, 4) is 11.5 Å². The zero-order valence-corrected chi connectivity index (χ0v) is 17.7. The third-order valence-corrected chi connectivity index (χ3v) is 5.89. The molecule has 0 spiro atoms. The Bertz CT molecular complexity index is 1250. The fourth-order valence-corrected chi connectivity index (χ4v) is 3.99. The standard InChI is InChI=1S/C19H14N6O5S2/c20-16(27)10-3-5-11(6-4-10)21-15(26)9-31-19-24-23-18(32-19)22-17(28)12-8-14(30-25-12)13-2-1-7-29-13/h1-8H,9H2,(H2,20,27)(H,21,26)(H,22,23,28). The molecule has 3 heterocycles. The number of hydrogen-bond donors (Lipinski definition) is 3. The van der Waals surface area contributed by atoms with E-state index in [-0.39, 0.29) is 22.5 Å². The molecule has 4 N–H and O–H groups in total. The maximum atomic E-state index is 12.3. The van der Waals surface area contributed by atoms with Crippen LogP contribution in [-0.4, -0.2) is 38.8 Å². The van der Waals surface area contributed by atoms with Crippen molar-refractivity contribution in [2.75, 3.05) is 16.4 Å². The number of nitrogens with zero attached hydrogens (tertiary/aromatic N) is 3. The predicted octanol–water partition coefficient (Wildman–Crippen LogP) is 2.87. The van der Waals surface area contributed by atoms with Crippen LogP contribution in [0.25, 0.3) is 11.5 Å². The van der Waals surface area contributed by atoms with E-state index in [0.29, 0.717) is 27.1 Å². The Morgan fingerprint density at radius 1 is 1.06 bits per heavy atom. The fraction of sp³-hybridized carbons (Fsp3) is 0.0526. The molecule has 1 aromatic carbocycles. The Morgan fingerprint density at radius 3 is 2.59 bits per heavy atom. The molecule has 11 nitrogen and oxygen atoms in total. The average Bonchev–Trinajstić information content (AvgIpc) is 3.53. The molecule has 13 heteroatoms. The van der Waals surface area contributed by atoms with Gasteiger partial charge in [-0.25, -0.2) is 0 Å². The van der Waals surface area contributed by atoms with Crippen LogP contribution in [0, 0.1) is 0 Å². The van der Waals surface area contributed by atoms with Gasteiger partial charge in [0.2, 0.25) is 22.7 Å². The first-order chi connectivity index (χ1) is 15.5. The van der Waals surface area contributed by atoms with Crippen LogP contribution in [0.2, 0.25) is 0 Å². The summed E-state index contributed by atoms with van der Waals surface area (Å²) in [7, 11) is 0. The first-order valence-corrected chi connectivity index (χ1v) is 10.8. The first-order valence-electron chi connectivity index (χ1n) is 8.96. The molecular formula is C19H14N6O5S2. The number of carbonyl (C=O) groups is 3. The Balaban J connectivity index is 1.27. The second-order valence-electron chi connectivity index (χ2n) is 6.16. The lowest BCUT2D eigenvalue weighted by Crippen LogP contribution is -2.14. The van der Waals surface area contributed by atoms with Gasteiger partial charge in [-0.1, -0.05) is 28.3 Å². The summed E-state index contributed by atoms with van der Waals surface area (Å²) in [6, 6.07) is 11.0. The SMILES string of the molecule is NC(=O)c1ccc(NC(=O)CSc2nnc(NC(=O)c3cc(-c4ccco4)on3)s2)cc1. The summed E-state index contributed by atoms with van der Waals surface area (Å²) < 4.78 is 10.8. The molecule has 3 aromatic heterocycles. The smallest absolute Gasteiger partial charge is 0.279 e. The number of furan rings is 1. The Morgan fingerprint density at radius 2 is 1.88 bits per heavy atom. The molecule has 0 atom stereocenters. The van der Waals surface area contributed by atoms with Crippen LogP contribution in [0.4, 0.5) is 10.8 Å². The van der Waals surface area contributed by atoms with Crippen molar-refractivity contribution in [3.05, 3.63) is 60.0 Å². The van der Waals surface area contributed by atoms with Gasteiger partial charge in [-0.15, -0.1) is 10.2 Å². The van der Waals surface area contributed by atoms with Gasteiger partial charge in [0.15, 0.2) is 15.8 Å². The van der Waals surface area contributed by atoms with E-state index >= 15 is 0 Å². The van der Waals surface area contributed by atoms with E-state index in [1.54, 1.807) is 24.3 Å². The molecule has 3 amide bonds. The van der Waals surface area contributed by atoms with Crippen molar-refractivity contribution in [1.29, 1.82) is 0 Å². The quantitative estimate of drug-likeness (QED) is 0.259. The Kier molecular flexibility index (Phi) is 6.28. The molecule has 0 unspecified atom stereocenters. The van der Waals surface area contributed by atoms with Crippen molar-refractivity contribution >= 4 is 51.6 Å². The van der Waals surface area contributed by atoms with Gasteiger partial charge in [-0.05, 0) is 36.4 Å². The third-order valence-electron chi connectivity index (χ3n) is 3.91. The largest absolute Gasteiger partial charge is 0.461 e. The van der Waals surface area contributed by atoms with Gasteiger partial charge >= 0.3 is 0 Å². The summed E-state index contributed by atoms with van der Waals surface area (Å²) in [5.41, 5.74) is 6.13. The second kappa shape index (κ2) is 9.45. The molecule has 0 saturated heterocycles. The Hall–Kier alpha value is -3.97. The second-order valence-corrected chi connectivity index (χ2v) is 8.36. The highest BCUT2D eigenvalue weighted by Gasteiger charge is 2.17. The fourth-order valence-electron chi connectivity index (χ4n) is 2.44. The van der Waals surface area contributed by atoms with E-state index < -0.39 is 11.8 Å². The molecule has 0 aliphatic carbocycles. The maximum Gasteiger partial charge on any atom is 0.279 e. The molecule has 162 valence electrons. The molecule has 4 aromatic rings. The van der Waals surface area contributed by atoms with Crippen molar-refractivity contribution in [1.82, 2.24) is 15.4 Å². The van der Waals surface area contributed by atoms with Crippen LogP contribution >= 0.6 is 23.1 Å². The van der Waals surface area contributed by atoms with Gasteiger partial charge in [0, 0.05) is 17.3 Å². The van der Waals surface area contributed by atoms with Gasteiger partial charge in [0.05, 0.1) is 12.0 Å². The molecule has 0 bridgehead atoms. The first kappa shape index (κ1) is 21.3. The number of carbonyl (C=O) groups excluding carboxylic acids is 3. The molecule has 0 radical (unpaired) electrons. The van der Waals surface area contributed by atoms with Crippen LogP contribution in [0.5, 0.6) is 0 Å². The van der Waals surface area contributed by atoms with Gasteiger partial charge in [0.1, 0.15) is 0 Å². The predicted molar refractivity (Wildman–Crippen MR) is 116 cm³/mol. The average molecular weight is 470 g/mol. The van der Waals surface area contributed by atoms with E-state index in [2.05, 4.69) is 26.0 Å². The number of hydrogen-bond acceptors (Lipinski definition) is 10. The minimum Gasteiger partial charge on any atom is -0.461 e. The minimum atomic E-state index is -0.542. The summed E-state index contributed by atoms with van der Waals surface area (Å²) in [6.07, 6.45) is 1.48. The van der Waals surface area contributed by atoms with Crippen molar-refractivity contribution < 1.29 is 23.3 Å². The topological polar surface area (TPSA) is 166 Å². The number of thioether (sulfide) groups is 1. The van der Waals surface area contributed by atoms with E-state index in [1.165, 1.54) is 24.5 Å². The summed E-state index contributed by atoms with van der Waals surface area (Å²) in [6.45, 7) is 0. The number of nitrogens with one attached hydrogen (secondary N) is 2. The third kappa shape index (κ3) is 5.19. The number of aromatic nitrogens is 3. The van der Waals surface area contributed by atoms with Crippen LogP contribution in [0.1, 0.15) is 20.8 Å². The van der Waals surface area contributed by atoms with Gasteiger partial charge in [-0.2, -0.15) is 0 Å². The van der Waals surface area contributed by atoms with Crippen molar-refractivity contribution in [2.24, 2.45) is 5.73 Å². The van der Waals surface area contributed by atoms with E-state index in [1.807, 2.05) is 0 Å². The van der Waals surface area contributed by atoms with E-state index in [9.17, 15) is 14.4 Å². The highest BCUT2D eigenvalue weighted by atomic mass is 32.2. The van der Waals surface area contributed by atoms with Crippen LogP contribution < -0.4 is 16.4 Å². The molecular weight excluding hydrogens is 456 g/mol. The van der Waals surface area contributed by atoms with Gasteiger partial charge in [-0.3, -0.25) is 19.7 Å². The maximum absolute atomic E-state index is 12.3. The Labute approximate surface area is 188 Å². The van der Waals surface area contributed by atoms with E-state index in [4.69, 9.17) is 14.7 Å².